The third kappa shape index (κ3) is 2.54. The highest BCUT2D eigenvalue weighted by molar-refractivity contribution is 5.46. The first-order chi connectivity index (χ1) is 6.62. The van der Waals surface area contributed by atoms with Crippen LogP contribution < -0.4 is 5.73 Å². The average molecular weight is 229 g/mol. The van der Waals surface area contributed by atoms with Crippen LogP contribution in [0.2, 0.25) is 0 Å². The van der Waals surface area contributed by atoms with Crippen LogP contribution in [0.1, 0.15) is 11.1 Å². The SMILES string of the molecule is Nc1ccc(C(F)(F)F)c(C(F)(F)F)c1. The van der Waals surface area contributed by atoms with Crippen molar-refractivity contribution < 1.29 is 26.3 Å². The molecule has 0 heterocycles. The molecule has 0 fully saturated rings. The van der Waals surface area contributed by atoms with Gasteiger partial charge in [0.1, 0.15) is 0 Å². The molecule has 0 aliphatic heterocycles. The second-order valence-corrected chi connectivity index (χ2v) is 2.80. The minimum Gasteiger partial charge on any atom is -0.399 e. The zero-order valence-corrected chi connectivity index (χ0v) is 7.08. The molecule has 2 N–H and O–H groups in total. The minimum absolute atomic E-state index is 0.267. The summed E-state index contributed by atoms with van der Waals surface area (Å²) in [5.41, 5.74) is 1.13. The number of nitrogens with two attached hydrogens (primary N) is 1. The zero-order chi connectivity index (χ0) is 11.9. The normalized spacial score (nSPS) is 12.9. The topological polar surface area (TPSA) is 26.0 Å². The molecule has 0 amide bonds. The van der Waals surface area contributed by atoms with Gasteiger partial charge in [-0.2, -0.15) is 26.3 Å². The molecule has 15 heavy (non-hydrogen) atoms. The van der Waals surface area contributed by atoms with Crippen molar-refractivity contribution in [3.05, 3.63) is 29.3 Å². The summed E-state index contributed by atoms with van der Waals surface area (Å²) in [6.07, 6.45) is -10.1. The minimum atomic E-state index is -5.07. The van der Waals surface area contributed by atoms with Gasteiger partial charge in [-0.15, -0.1) is 0 Å². The lowest BCUT2D eigenvalue weighted by Crippen LogP contribution is -2.16. The van der Waals surface area contributed by atoms with Gasteiger partial charge in [0.15, 0.2) is 0 Å². The molecule has 0 saturated carbocycles. The van der Waals surface area contributed by atoms with Crippen molar-refractivity contribution in [3.63, 3.8) is 0 Å². The molecule has 0 unspecified atom stereocenters. The van der Waals surface area contributed by atoms with E-state index in [4.69, 9.17) is 5.73 Å². The fourth-order valence-electron chi connectivity index (χ4n) is 1.04. The molecule has 0 aromatic heterocycles. The summed E-state index contributed by atoms with van der Waals surface area (Å²) in [5, 5.41) is 0. The number of alkyl halides is 6. The van der Waals surface area contributed by atoms with Gasteiger partial charge in [0.2, 0.25) is 0 Å². The molecule has 1 aromatic rings. The Morgan fingerprint density at radius 2 is 1.27 bits per heavy atom. The van der Waals surface area contributed by atoms with Crippen molar-refractivity contribution >= 4 is 5.69 Å². The Hall–Kier alpha value is -1.40. The number of hydrogen-bond acceptors (Lipinski definition) is 1. The first kappa shape index (κ1) is 11.7. The van der Waals surface area contributed by atoms with Crippen molar-refractivity contribution in [1.29, 1.82) is 0 Å². The van der Waals surface area contributed by atoms with Gasteiger partial charge >= 0.3 is 12.4 Å². The van der Waals surface area contributed by atoms with E-state index in [1.807, 2.05) is 0 Å². The van der Waals surface area contributed by atoms with E-state index in [0.29, 0.717) is 6.07 Å². The standard InChI is InChI=1S/C8H5F6N/c9-7(10,11)5-2-1-4(15)3-6(5)8(12,13)14/h1-3H,15H2. The van der Waals surface area contributed by atoms with Crippen molar-refractivity contribution in [2.75, 3.05) is 5.73 Å². The van der Waals surface area contributed by atoms with Crippen LogP contribution in [-0.4, -0.2) is 0 Å². The number of benzene rings is 1. The maximum Gasteiger partial charge on any atom is 0.417 e. The van der Waals surface area contributed by atoms with Crippen LogP contribution in [-0.2, 0) is 12.4 Å². The molecule has 0 bridgehead atoms. The maximum absolute atomic E-state index is 12.2. The largest absolute Gasteiger partial charge is 0.417 e. The van der Waals surface area contributed by atoms with Gasteiger partial charge in [-0.05, 0) is 18.2 Å². The summed E-state index contributed by atoms with van der Waals surface area (Å²) in [6, 6.07) is 1.36. The summed E-state index contributed by atoms with van der Waals surface area (Å²) in [6.45, 7) is 0. The Bertz CT molecular complexity index is 364. The zero-order valence-electron chi connectivity index (χ0n) is 7.08. The third-order valence-corrected chi connectivity index (χ3v) is 1.65. The molecular weight excluding hydrogens is 224 g/mol. The van der Waals surface area contributed by atoms with Gasteiger partial charge in [-0.1, -0.05) is 0 Å². The lowest BCUT2D eigenvalue weighted by Gasteiger charge is -2.15. The lowest BCUT2D eigenvalue weighted by atomic mass is 10.1. The number of rotatable bonds is 0. The van der Waals surface area contributed by atoms with Crippen LogP contribution in [0.5, 0.6) is 0 Å². The summed E-state index contributed by atoms with van der Waals surface area (Å²) in [4.78, 5) is 0. The summed E-state index contributed by atoms with van der Waals surface area (Å²) < 4.78 is 73.1. The second-order valence-electron chi connectivity index (χ2n) is 2.80. The number of halogens is 6. The van der Waals surface area contributed by atoms with Crippen LogP contribution in [0.25, 0.3) is 0 Å². The number of nitrogen functional groups attached to an aromatic ring is 1. The summed E-state index contributed by atoms with van der Waals surface area (Å²) >= 11 is 0. The molecule has 1 nitrogen and oxygen atoms in total. The molecule has 0 aliphatic rings. The van der Waals surface area contributed by atoms with E-state index in [1.54, 1.807) is 0 Å². The maximum atomic E-state index is 12.2. The molecule has 0 atom stereocenters. The van der Waals surface area contributed by atoms with Crippen LogP contribution >= 0.6 is 0 Å². The average Bonchev–Trinajstić information content (AvgIpc) is 2.00. The van der Waals surface area contributed by atoms with Gasteiger partial charge in [0.25, 0.3) is 0 Å². The highest BCUT2D eigenvalue weighted by Gasteiger charge is 2.42. The molecule has 0 saturated heterocycles. The predicted molar refractivity (Wildman–Crippen MR) is 40.9 cm³/mol. The Labute approximate surface area is 80.5 Å². The van der Waals surface area contributed by atoms with Crippen LogP contribution in [0, 0.1) is 0 Å². The molecular formula is C8H5F6N. The summed E-state index contributed by atoms with van der Waals surface area (Å²) in [5.74, 6) is 0. The number of anilines is 1. The van der Waals surface area contributed by atoms with Gasteiger partial charge in [0, 0.05) is 5.69 Å². The van der Waals surface area contributed by atoms with Crippen molar-refractivity contribution in [3.8, 4) is 0 Å². The van der Waals surface area contributed by atoms with E-state index >= 15 is 0 Å². The van der Waals surface area contributed by atoms with E-state index in [9.17, 15) is 26.3 Å². The third-order valence-electron chi connectivity index (χ3n) is 1.65. The number of hydrogen-bond donors (Lipinski definition) is 1. The molecule has 0 aliphatic carbocycles. The molecule has 0 spiro atoms. The highest BCUT2D eigenvalue weighted by Crippen LogP contribution is 2.40. The first-order valence-corrected chi connectivity index (χ1v) is 3.66. The van der Waals surface area contributed by atoms with Gasteiger partial charge in [0.05, 0.1) is 11.1 Å². The van der Waals surface area contributed by atoms with E-state index in [2.05, 4.69) is 0 Å². The van der Waals surface area contributed by atoms with Crippen molar-refractivity contribution in [1.82, 2.24) is 0 Å². The smallest absolute Gasteiger partial charge is 0.399 e. The van der Waals surface area contributed by atoms with Crippen molar-refractivity contribution in [2.45, 2.75) is 12.4 Å². The molecule has 1 aromatic carbocycles. The van der Waals surface area contributed by atoms with E-state index < -0.39 is 23.5 Å². The van der Waals surface area contributed by atoms with Crippen molar-refractivity contribution in [2.24, 2.45) is 0 Å². The van der Waals surface area contributed by atoms with Crippen LogP contribution in [0.4, 0.5) is 32.0 Å². The van der Waals surface area contributed by atoms with Gasteiger partial charge < -0.3 is 5.73 Å². The van der Waals surface area contributed by atoms with E-state index in [-0.39, 0.29) is 11.8 Å². The first-order valence-electron chi connectivity index (χ1n) is 3.66. The predicted octanol–water partition coefficient (Wildman–Crippen LogP) is 3.31. The van der Waals surface area contributed by atoms with Gasteiger partial charge in [-0.25, -0.2) is 0 Å². The Morgan fingerprint density at radius 1 is 0.800 bits per heavy atom. The highest BCUT2D eigenvalue weighted by atomic mass is 19.4. The Kier molecular flexibility index (Phi) is 2.58. The lowest BCUT2D eigenvalue weighted by molar-refractivity contribution is -0.162. The molecule has 84 valence electrons. The molecule has 7 heteroatoms. The Balaban J connectivity index is 3.41. The molecule has 0 radical (unpaired) electrons. The monoisotopic (exact) mass is 229 g/mol. The van der Waals surface area contributed by atoms with E-state index in [0.717, 1.165) is 6.07 Å². The van der Waals surface area contributed by atoms with Crippen LogP contribution in [0.15, 0.2) is 18.2 Å². The quantitative estimate of drug-likeness (QED) is 0.536. The van der Waals surface area contributed by atoms with Gasteiger partial charge in [-0.3, -0.25) is 0 Å². The molecule has 1 rings (SSSR count). The van der Waals surface area contributed by atoms with Crippen LogP contribution in [0.3, 0.4) is 0 Å². The van der Waals surface area contributed by atoms with E-state index in [1.165, 1.54) is 0 Å². The second kappa shape index (κ2) is 3.32. The fraction of sp³-hybridized carbons (Fsp3) is 0.250. The Morgan fingerprint density at radius 3 is 1.67 bits per heavy atom. The fourth-order valence-corrected chi connectivity index (χ4v) is 1.04. The summed E-state index contributed by atoms with van der Waals surface area (Å²) in [7, 11) is 0.